The number of aryl methyl sites for hydroxylation is 1. The van der Waals surface area contributed by atoms with Gasteiger partial charge in [0, 0.05) is 25.7 Å². The fraction of sp³-hybridized carbons (Fsp3) is 0.214. The first-order valence-corrected chi connectivity index (χ1v) is 14.5. The van der Waals surface area contributed by atoms with Gasteiger partial charge in [-0.15, -0.1) is 0 Å². The number of amidine groups is 1. The van der Waals surface area contributed by atoms with Crippen molar-refractivity contribution in [2.24, 2.45) is 9.74 Å². The van der Waals surface area contributed by atoms with Gasteiger partial charge in [0.25, 0.3) is 0 Å². The zero-order valence-corrected chi connectivity index (χ0v) is 22.8. The smallest absolute Gasteiger partial charge is 0.170 e. The Morgan fingerprint density at radius 2 is 1.63 bits per heavy atom. The molecule has 38 heavy (non-hydrogen) atoms. The molecule has 1 saturated heterocycles. The van der Waals surface area contributed by atoms with Crippen LogP contribution in [-0.2, 0) is 4.74 Å². The first-order valence-electron chi connectivity index (χ1n) is 12.4. The van der Waals surface area contributed by atoms with E-state index in [0.717, 1.165) is 28.1 Å². The second-order valence-corrected chi connectivity index (χ2v) is 12.5. The van der Waals surface area contributed by atoms with Gasteiger partial charge < -0.3 is 9.41 Å². The molecule has 0 radical (unpaired) electrons. The number of para-hydroxylation sites is 1. The van der Waals surface area contributed by atoms with Crippen molar-refractivity contribution in [1.82, 2.24) is 19.1 Å². The molecule has 6 rings (SSSR count). The molecule has 3 aromatic carbocycles. The van der Waals surface area contributed by atoms with E-state index in [1.54, 1.807) is 12.1 Å². The Kier molecular flexibility index (Phi) is 6.66. The number of fused-ring (bicyclic) bond motifs is 1. The van der Waals surface area contributed by atoms with Crippen LogP contribution in [0.5, 0.6) is 0 Å². The van der Waals surface area contributed by atoms with Gasteiger partial charge in [0.05, 0.1) is 40.6 Å². The first kappa shape index (κ1) is 25.0. The maximum atomic E-state index is 13.9. The Balaban J connectivity index is 1.72. The molecule has 0 aliphatic carbocycles. The van der Waals surface area contributed by atoms with Gasteiger partial charge >= 0.3 is 0 Å². The monoisotopic (exact) mass is 548 g/mol. The molecule has 0 spiro atoms. The maximum absolute atomic E-state index is 13.9. The van der Waals surface area contributed by atoms with Crippen LogP contribution >= 0.6 is 19.0 Å². The highest BCUT2D eigenvalue weighted by Gasteiger charge is 2.45. The zero-order chi connectivity index (χ0) is 26.3. The molecular formula is C28H27ClFN6OP. The van der Waals surface area contributed by atoms with E-state index in [0.29, 0.717) is 42.8 Å². The third-order valence-corrected chi connectivity index (χ3v) is 11.0. The lowest BCUT2D eigenvalue weighted by Crippen LogP contribution is -2.45. The highest BCUT2D eigenvalue weighted by molar-refractivity contribution is 7.70. The van der Waals surface area contributed by atoms with Crippen LogP contribution < -0.4 is 5.30 Å². The fourth-order valence-electron chi connectivity index (χ4n) is 5.04. The summed E-state index contributed by atoms with van der Waals surface area (Å²) >= 11 is 6.70. The van der Waals surface area contributed by atoms with Gasteiger partial charge in [0.1, 0.15) is 11.7 Å². The number of aromatic nitrogens is 2. The number of hydrogen-bond donors (Lipinski definition) is 0. The van der Waals surface area contributed by atoms with Gasteiger partial charge in [-0.1, -0.05) is 41.9 Å². The van der Waals surface area contributed by atoms with Crippen LogP contribution in [0, 0.1) is 12.7 Å². The lowest BCUT2D eigenvalue weighted by Gasteiger charge is -2.46. The molecule has 0 amide bonds. The predicted molar refractivity (Wildman–Crippen MR) is 151 cm³/mol. The van der Waals surface area contributed by atoms with Crippen molar-refractivity contribution >= 4 is 41.6 Å². The Hall–Kier alpha value is -3.29. The van der Waals surface area contributed by atoms with Crippen LogP contribution in [0.1, 0.15) is 11.3 Å². The molecule has 0 saturated carbocycles. The summed E-state index contributed by atoms with van der Waals surface area (Å²) in [5, 5.41) is 6.55. The van der Waals surface area contributed by atoms with Crippen molar-refractivity contribution < 1.29 is 9.13 Å². The van der Waals surface area contributed by atoms with E-state index in [1.165, 1.54) is 12.1 Å². The Morgan fingerprint density at radius 1 is 0.947 bits per heavy atom. The second kappa shape index (κ2) is 10.1. The standard InChI is InChI=1S/C28H27ClFN6OP/c1-20-26-28(36(32-20)23-8-4-3-5-9-23)31-27(21-12-14-22(30)15-13-21)34(2)38(26,35-16-18-37-19-17-35)33-25-11-7-6-10-24(25)29/h3-15H,16-19H2,1-2H3. The zero-order valence-electron chi connectivity index (χ0n) is 21.1. The van der Waals surface area contributed by atoms with E-state index in [9.17, 15) is 4.39 Å². The van der Waals surface area contributed by atoms with Gasteiger partial charge in [-0.25, -0.2) is 23.5 Å². The normalized spacial score (nSPS) is 19.7. The van der Waals surface area contributed by atoms with Crippen molar-refractivity contribution in [2.75, 3.05) is 33.4 Å². The number of benzene rings is 3. The second-order valence-electron chi connectivity index (χ2n) is 9.16. The van der Waals surface area contributed by atoms with Crippen molar-refractivity contribution in [1.29, 1.82) is 0 Å². The summed E-state index contributed by atoms with van der Waals surface area (Å²) in [4.78, 5) is 5.18. The molecule has 1 atom stereocenters. The molecule has 1 aromatic heterocycles. The van der Waals surface area contributed by atoms with Crippen LogP contribution in [0.25, 0.3) is 5.69 Å². The first-order chi connectivity index (χ1) is 18.5. The van der Waals surface area contributed by atoms with Crippen molar-refractivity contribution in [3.63, 3.8) is 0 Å². The Bertz CT molecular complexity index is 1560. The number of aliphatic imine (C=N–C) groups is 1. The van der Waals surface area contributed by atoms with E-state index in [-0.39, 0.29) is 5.82 Å². The van der Waals surface area contributed by atoms with Crippen molar-refractivity contribution in [3.8, 4) is 5.69 Å². The molecule has 194 valence electrons. The summed E-state index contributed by atoms with van der Waals surface area (Å²) in [7, 11) is -0.725. The number of rotatable bonds is 4. The molecule has 0 bridgehead atoms. The maximum Gasteiger partial charge on any atom is 0.170 e. The van der Waals surface area contributed by atoms with E-state index in [1.807, 2.05) is 73.3 Å². The lowest BCUT2D eigenvalue weighted by molar-refractivity contribution is 0.0732. The van der Waals surface area contributed by atoms with Crippen molar-refractivity contribution in [2.45, 2.75) is 6.92 Å². The van der Waals surface area contributed by atoms with Crippen LogP contribution in [0.4, 0.5) is 15.9 Å². The number of morpholine rings is 1. The third kappa shape index (κ3) is 4.18. The Morgan fingerprint density at radius 3 is 2.34 bits per heavy atom. The molecule has 4 aromatic rings. The van der Waals surface area contributed by atoms with Crippen LogP contribution in [-0.4, -0.2) is 58.3 Å². The van der Waals surface area contributed by atoms with Gasteiger partial charge in [-0.2, -0.15) is 5.10 Å². The van der Waals surface area contributed by atoms with E-state index < -0.39 is 7.36 Å². The van der Waals surface area contributed by atoms with Crippen molar-refractivity contribution in [3.05, 3.63) is 101 Å². The summed E-state index contributed by atoms with van der Waals surface area (Å²) in [6, 6.07) is 24.1. The minimum atomic E-state index is -2.75. The topological polar surface area (TPSA) is 58.3 Å². The summed E-state index contributed by atoms with van der Waals surface area (Å²) in [5.74, 6) is 1.13. The number of nitrogens with zero attached hydrogens (tertiary/aromatic N) is 6. The molecule has 7 nitrogen and oxygen atoms in total. The van der Waals surface area contributed by atoms with Gasteiger partial charge in [-0.05, 0) is 55.5 Å². The van der Waals surface area contributed by atoms with E-state index >= 15 is 0 Å². The fourth-order valence-corrected chi connectivity index (χ4v) is 9.11. The quantitative estimate of drug-likeness (QED) is 0.280. The largest absolute Gasteiger partial charge is 0.379 e. The number of ether oxygens (including phenoxy) is 1. The predicted octanol–water partition coefficient (Wildman–Crippen LogP) is 6.32. The lowest BCUT2D eigenvalue weighted by atomic mass is 10.2. The molecule has 2 aliphatic heterocycles. The van der Waals surface area contributed by atoms with Gasteiger partial charge in [0.2, 0.25) is 0 Å². The highest BCUT2D eigenvalue weighted by Crippen LogP contribution is 2.62. The van der Waals surface area contributed by atoms with Crippen LogP contribution in [0.2, 0.25) is 5.02 Å². The van der Waals surface area contributed by atoms with Gasteiger partial charge in [-0.3, -0.25) is 0 Å². The van der Waals surface area contributed by atoms with Gasteiger partial charge in [0.15, 0.2) is 13.2 Å². The summed E-state index contributed by atoms with van der Waals surface area (Å²) < 4.78 is 31.7. The average molecular weight is 549 g/mol. The average Bonchev–Trinajstić information content (AvgIpc) is 3.29. The molecule has 1 unspecified atom stereocenters. The third-order valence-electron chi connectivity index (χ3n) is 6.83. The van der Waals surface area contributed by atoms with E-state index in [4.69, 9.17) is 31.2 Å². The minimum absolute atomic E-state index is 0.298. The number of hydrogen-bond acceptors (Lipinski definition) is 4. The molecule has 3 heterocycles. The summed E-state index contributed by atoms with van der Waals surface area (Å²) in [5.41, 5.74) is 3.26. The van der Waals surface area contributed by atoms with E-state index in [2.05, 4.69) is 9.34 Å². The number of halogens is 2. The molecular weight excluding hydrogens is 522 g/mol. The molecule has 0 N–H and O–H groups in total. The molecule has 1 fully saturated rings. The summed E-state index contributed by atoms with van der Waals surface area (Å²) in [6.07, 6.45) is 0. The molecule has 2 aliphatic rings. The minimum Gasteiger partial charge on any atom is -0.379 e. The SMILES string of the molecule is Cc1nn(-c2ccccc2)c2c1P(=Nc1ccccc1Cl)(N1CCOCC1)N(C)C(c1ccc(F)cc1)=N2. The molecule has 10 heteroatoms. The van der Waals surface area contributed by atoms with Crippen LogP contribution in [0.3, 0.4) is 0 Å². The highest BCUT2D eigenvalue weighted by atomic mass is 35.5. The summed E-state index contributed by atoms with van der Waals surface area (Å²) in [6.45, 7) is 4.59. The van der Waals surface area contributed by atoms with Crippen LogP contribution in [0.15, 0.2) is 88.6 Å². The Labute approximate surface area is 226 Å².